The lowest BCUT2D eigenvalue weighted by molar-refractivity contribution is -0.142. The van der Waals surface area contributed by atoms with Gasteiger partial charge in [0.1, 0.15) is 0 Å². The van der Waals surface area contributed by atoms with E-state index in [1.165, 1.54) is 0 Å². The maximum atomic E-state index is 11.2. The first-order chi connectivity index (χ1) is 8.04. The summed E-state index contributed by atoms with van der Waals surface area (Å²) in [6.07, 6.45) is 0. The van der Waals surface area contributed by atoms with Crippen LogP contribution < -0.4 is 5.32 Å². The summed E-state index contributed by atoms with van der Waals surface area (Å²) in [4.78, 5) is 11.2. The number of benzene rings is 1. The number of nitrogens with one attached hydrogen (secondary N) is 1. The fraction of sp³-hybridized carbons (Fsp3) is 0.417. The number of carbonyl (C=O) groups excluding carboxylic acids is 1. The minimum atomic E-state index is -0.264. The van der Waals surface area contributed by atoms with Crippen molar-refractivity contribution in [2.45, 2.75) is 19.9 Å². The van der Waals surface area contributed by atoms with Crippen molar-refractivity contribution in [3.05, 3.63) is 33.8 Å². The lowest BCUT2D eigenvalue weighted by Gasteiger charge is -2.14. The van der Waals surface area contributed by atoms with Crippen LogP contribution in [0.15, 0.2) is 18.2 Å². The molecule has 1 unspecified atom stereocenters. The van der Waals surface area contributed by atoms with E-state index in [-0.39, 0.29) is 18.6 Å². The predicted octanol–water partition coefficient (Wildman–Crippen LogP) is 3.21. The molecule has 17 heavy (non-hydrogen) atoms. The predicted molar refractivity (Wildman–Crippen MR) is 69.5 cm³/mol. The van der Waals surface area contributed by atoms with Gasteiger partial charge in [0, 0.05) is 6.04 Å². The summed E-state index contributed by atoms with van der Waals surface area (Å²) in [6, 6.07) is 5.40. The van der Waals surface area contributed by atoms with Gasteiger partial charge < -0.3 is 10.1 Å². The smallest absolute Gasteiger partial charge is 0.319 e. The second kappa shape index (κ2) is 6.84. The van der Waals surface area contributed by atoms with Crippen LogP contribution in [-0.2, 0) is 9.53 Å². The molecule has 1 atom stereocenters. The summed E-state index contributed by atoms with van der Waals surface area (Å²) >= 11 is 11.7. The summed E-state index contributed by atoms with van der Waals surface area (Å²) in [5.74, 6) is -0.264. The van der Waals surface area contributed by atoms with Gasteiger partial charge in [0.2, 0.25) is 0 Å². The molecule has 1 rings (SSSR count). The van der Waals surface area contributed by atoms with E-state index in [0.29, 0.717) is 16.7 Å². The van der Waals surface area contributed by atoms with Crippen LogP contribution in [0.1, 0.15) is 25.5 Å². The maximum Gasteiger partial charge on any atom is 0.319 e. The van der Waals surface area contributed by atoms with Crippen molar-refractivity contribution < 1.29 is 9.53 Å². The SMILES string of the molecule is CCOC(=O)CNC(C)c1ccc(Cl)c(Cl)c1. The molecule has 0 amide bonds. The molecule has 0 aliphatic rings. The molecule has 5 heteroatoms. The fourth-order valence-electron chi connectivity index (χ4n) is 1.35. The standard InChI is InChI=1S/C12H15Cl2NO2/c1-3-17-12(16)7-15-8(2)9-4-5-10(13)11(14)6-9/h4-6,8,15H,3,7H2,1-2H3. The number of rotatable bonds is 5. The van der Waals surface area contributed by atoms with E-state index in [1.807, 2.05) is 13.0 Å². The van der Waals surface area contributed by atoms with Crippen LogP contribution in [0, 0.1) is 0 Å². The molecular formula is C12H15Cl2NO2. The van der Waals surface area contributed by atoms with Crippen molar-refractivity contribution in [3.8, 4) is 0 Å². The molecular weight excluding hydrogens is 261 g/mol. The number of esters is 1. The van der Waals surface area contributed by atoms with Gasteiger partial charge in [0.05, 0.1) is 23.2 Å². The van der Waals surface area contributed by atoms with Crippen LogP contribution in [0.2, 0.25) is 10.0 Å². The summed E-state index contributed by atoms with van der Waals surface area (Å²) < 4.78 is 4.82. The Hall–Kier alpha value is -0.770. The lowest BCUT2D eigenvalue weighted by Crippen LogP contribution is -2.27. The van der Waals surface area contributed by atoms with Crippen molar-refractivity contribution >= 4 is 29.2 Å². The molecule has 1 aromatic rings. The first-order valence-electron chi connectivity index (χ1n) is 5.38. The molecule has 0 saturated heterocycles. The Kier molecular flexibility index (Phi) is 5.75. The van der Waals surface area contributed by atoms with Crippen molar-refractivity contribution in [2.75, 3.05) is 13.2 Å². The molecule has 1 aromatic carbocycles. The van der Waals surface area contributed by atoms with Gasteiger partial charge >= 0.3 is 5.97 Å². The van der Waals surface area contributed by atoms with Crippen LogP contribution in [0.5, 0.6) is 0 Å². The summed E-state index contributed by atoms with van der Waals surface area (Å²) in [5.41, 5.74) is 0.976. The second-order valence-electron chi connectivity index (χ2n) is 3.58. The zero-order valence-electron chi connectivity index (χ0n) is 9.80. The Morgan fingerprint density at radius 1 is 1.41 bits per heavy atom. The fourth-order valence-corrected chi connectivity index (χ4v) is 1.65. The molecule has 94 valence electrons. The highest BCUT2D eigenvalue weighted by Gasteiger charge is 2.09. The molecule has 0 aliphatic carbocycles. The topological polar surface area (TPSA) is 38.3 Å². The lowest BCUT2D eigenvalue weighted by atomic mass is 10.1. The molecule has 0 radical (unpaired) electrons. The molecule has 0 aliphatic heterocycles. The van der Waals surface area contributed by atoms with Gasteiger partial charge in [-0.1, -0.05) is 29.3 Å². The Bertz CT molecular complexity index is 396. The Morgan fingerprint density at radius 2 is 2.12 bits per heavy atom. The average molecular weight is 276 g/mol. The van der Waals surface area contributed by atoms with Crippen molar-refractivity contribution in [2.24, 2.45) is 0 Å². The van der Waals surface area contributed by atoms with Crippen LogP contribution in [0.4, 0.5) is 0 Å². The molecule has 0 spiro atoms. The van der Waals surface area contributed by atoms with E-state index < -0.39 is 0 Å². The Labute approximate surface area is 111 Å². The minimum Gasteiger partial charge on any atom is -0.465 e. The average Bonchev–Trinajstić information content (AvgIpc) is 2.30. The van der Waals surface area contributed by atoms with E-state index in [4.69, 9.17) is 27.9 Å². The maximum absolute atomic E-state index is 11.2. The van der Waals surface area contributed by atoms with Crippen molar-refractivity contribution in [1.82, 2.24) is 5.32 Å². The first kappa shape index (κ1) is 14.3. The largest absolute Gasteiger partial charge is 0.465 e. The van der Waals surface area contributed by atoms with Gasteiger partial charge in [-0.15, -0.1) is 0 Å². The van der Waals surface area contributed by atoms with Gasteiger partial charge in [-0.25, -0.2) is 0 Å². The zero-order chi connectivity index (χ0) is 12.8. The number of halogens is 2. The summed E-state index contributed by atoms with van der Waals surface area (Å²) in [6.45, 7) is 4.29. The number of carbonyl (C=O) groups is 1. The Morgan fingerprint density at radius 3 is 2.71 bits per heavy atom. The third kappa shape index (κ3) is 4.54. The monoisotopic (exact) mass is 275 g/mol. The van der Waals surface area contributed by atoms with Gasteiger partial charge in [-0.2, -0.15) is 0 Å². The number of hydrogen-bond donors (Lipinski definition) is 1. The highest BCUT2D eigenvalue weighted by atomic mass is 35.5. The van der Waals surface area contributed by atoms with Crippen LogP contribution >= 0.6 is 23.2 Å². The highest BCUT2D eigenvalue weighted by Crippen LogP contribution is 2.25. The minimum absolute atomic E-state index is 0.00849. The molecule has 0 heterocycles. The third-order valence-electron chi connectivity index (χ3n) is 2.30. The van der Waals surface area contributed by atoms with Crippen LogP contribution in [-0.4, -0.2) is 19.1 Å². The van der Waals surface area contributed by atoms with E-state index in [1.54, 1.807) is 19.1 Å². The normalized spacial score (nSPS) is 12.2. The molecule has 0 fully saturated rings. The first-order valence-corrected chi connectivity index (χ1v) is 6.14. The zero-order valence-corrected chi connectivity index (χ0v) is 11.3. The molecule has 0 saturated carbocycles. The van der Waals surface area contributed by atoms with Gasteiger partial charge in [0.25, 0.3) is 0 Å². The molecule has 0 aromatic heterocycles. The number of ether oxygens (including phenoxy) is 1. The van der Waals surface area contributed by atoms with E-state index in [0.717, 1.165) is 5.56 Å². The van der Waals surface area contributed by atoms with E-state index in [2.05, 4.69) is 5.32 Å². The summed E-state index contributed by atoms with van der Waals surface area (Å²) in [7, 11) is 0. The van der Waals surface area contributed by atoms with Gasteiger partial charge in [-0.05, 0) is 31.5 Å². The van der Waals surface area contributed by atoms with Crippen molar-refractivity contribution in [1.29, 1.82) is 0 Å². The molecule has 1 N–H and O–H groups in total. The van der Waals surface area contributed by atoms with Crippen LogP contribution in [0.3, 0.4) is 0 Å². The third-order valence-corrected chi connectivity index (χ3v) is 3.04. The van der Waals surface area contributed by atoms with Crippen molar-refractivity contribution in [3.63, 3.8) is 0 Å². The Balaban J connectivity index is 2.54. The van der Waals surface area contributed by atoms with Gasteiger partial charge in [-0.3, -0.25) is 4.79 Å². The summed E-state index contributed by atoms with van der Waals surface area (Å²) in [5, 5.41) is 4.08. The van der Waals surface area contributed by atoms with E-state index >= 15 is 0 Å². The number of hydrogen-bond acceptors (Lipinski definition) is 3. The quantitative estimate of drug-likeness (QED) is 0.839. The highest BCUT2D eigenvalue weighted by molar-refractivity contribution is 6.42. The van der Waals surface area contributed by atoms with Crippen LogP contribution in [0.25, 0.3) is 0 Å². The van der Waals surface area contributed by atoms with E-state index in [9.17, 15) is 4.79 Å². The van der Waals surface area contributed by atoms with Gasteiger partial charge in [0.15, 0.2) is 0 Å². The molecule has 0 bridgehead atoms. The second-order valence-corrected chi connectivity index (χ2v) is 4.40. The molecule has 3 nitrogen and oxygen atoms in total.